The summed E-state index contributed by atoms with van der Waals surface area (Å²) >= 11 is 0. The van der Waals surface area contributed by atoms with Crippen LogP contribution in [0.2, 0.25) is 0 Å². The Kier molecular flexibility index (Phi) is 6.86. The second-order valence-corrected chi connectivity index (χ2v) is 3.49. The second-order valence-electron chi connectivity index (χ2n) is 3.49. The maximum Gasteiger partial charge on any atom is 0.218 e. The van der Waals surface area contributed by atoms with E-state index in [0.717, 1.165) is 0 Å². The third-order valence-corrected chi connectivity index (χ3v) is 2.02. The summed E-state index contributed by atoms with van der Waals surface area (Å²) in [5.41, 5.74) is 15.0. The number of amides is 3. The van der Waals surface area contributed by atoms with Crippen molar-refractivity contribution in [3.63, 3.8) is 0 Å². The second kappa shape index (κ2) is 7.63. The van der Waals surface area contributed by atoms with Gasteiger partial charge in [-0.3, -0.25) is 14.4 Å². The van der Waals surface area contributed by atoms with E-state index in [4.69, 9.17) is 17.2 Å². The molecule has 7 nitrogen and oxygen atoms in total. The van der Waals surface area contributed by atoms with Gasteiger partial charge in [0, 0.05) is 38.9 Å². The average Bonchev–Trinajstić information content (AvgIpc) is 2.15. The van der Waals surface area contributed by atoms with Gasteiger partial charge in [-0.1, -0.05) is 0 Å². The lowest BCUT2D eigenvalue weighted by Crippen LogP contribution is -2.34. The van der Waals surface area contributed by atoms with E-state index < -0.39 is 17.7 Å². The summed E-state index contributed by atoms with van der Waals surface area (Å²) in [5.74, 6) is -1.28. The molecule has 0 aromatic heterocycles. The number of hydrogen-bond acceptors (Lipinski definition) is 4. The summed E-state index contributed by atoms with van der Waals surface area (Å²) in [6.45, 7) is 1.20. The number of rotatable bonds is 9. The van der Waals surface area contributed by atoms with Gasteiger partial charge >= 0.3 is 0 Å². The molecule has 0 aliphatic heterocycles. The van der Waals surface area contributed by atoms with Crippen molar-refractivity contribution in [1.82, 2.24) is 4.90 Å². The maximum atomic E-state index is 10.6. The summed E-state index contributed by atoms with van der Waals surface area (Å²) in [5, 5.41) is 0. The van der Waals surface area contributed by atoms with Crippen LogP contribution in [-0.4, -0.2) is 42.3 Å². The largest absolute Gasteiger partial charge is 0.370 e. The van der Waals surface area contributed by atoms with E-state index in [9.17, 15) is 14.4 Å². The molecule has 0 saturated heterocycles. The van der Waals surface area contributed by atoms with Gasteiger partial charge < -0.3 is 22.1 Å². The minimum atomic E-state index is -0.428. The third kappa shape index (κ3) is 8.95. The highest BCUT2D eigenvalue weighted by Crippen LogP contribution is 1.96. The fourth-order valence-corrected chi connectivity index (χ4v) is 1.14. The van der Waals surface area contributed by atoms with Crippen molar-refractivity contribution in [1.29, 1.82) is 0 Å². The minimum Gasteiger partial charge on any atom is -0.370 e. The molecule has 0 aromatic rings. The monoisotopic (exact) mass is 230 g/mol. The van der Waals surface area contributed by atoms with Crippen LogP contribution in [0.1, 0.15) is 19.3 Å². The topological polar surface area (TPSA) is 133 Å². The number of primary amides is 3. The Morgan fingerprint density at radius 1 is 0.688 bits per heavy atom. The molecule has 0 fully saturated rings. The van der Waals surface area contributed by atoms with Gasteiger partial charge in [-0.05, 0) is 0 Å². The Labute approximate surface area is 93.9 Å². The van der Waals surface area contributed by atoms with Crippen molar-refractivity contribution in [3.8, 4) is 0 Å². The Hall–Kier alpha value is -1.63. The van der Waals surface area contributed by atoms with Crippen LogP contribution in [0.5, 0.6) is 0 Å². The number of nitrogens with two attached hydrogens (primary N) is 3. The normalized spacial score (nSPS) is 10.3. The molecule has 16 heavy (non-hydrogen) atoms. The SMILES string of the molecule is NC(=O)CCN(CCC(N)=O)CCC(N)=O. The van der Waals surface area contributed by atoms with Crippen LogP contribution in [-0.2, 0) is 14.4 Å². The molecule has 0 rings (SSSR count). The first-order valence-electron chi connectivity index (χ1n) is 4.99. The van der Waals surface area contributed by atoms with E-state index in [2.05, 4.69) is 0 Å². The average molecular weight is 230 g/mol. The molecule has 0 bridgehead atoms. The third-order valence-electron chi connectivity index (χ3n) is 2.02. The van der Waals surface area contributed by atoms with Crippen LogP contribution in [0.4, 0.5) is 0 Å². The summed E-state index contributed by atoms with van der Waals surface area (Å²) in [7, 11) is 0. The lowest BCUT2D eigenvalue weighted by atomic mass is 10.3. The van der Waals surface area contributed by atoms with E-state index in [1.165, 1.54) is 0 Å². The zero-order valence-corrected chi connectivity index (χ0v) is 9.15. The van der Waals surface area contributed by atoms with Crippen molar-refractivity contribution >= 4 is 17.7 Å². The highest BCUT2D eigenvalue weighted by Gasteiger charge is 2.09. The van der Waals surface area contributed by atoms with E-state index in [-0.39, 0.29) is 19.3 Å². The highest BCUT2D eigenvalue weighted by atomic mass is 16.2. The van der Waals surface area contributed by atoms with Crippen LogP contribution in [0.15, 0.2) is 0 Å². The minimum absolute atomic E-state index is 0.178. The van der Waals surface area contributed by atoms with Crippen LogP contribution in [0.25, 0.3) is 0 Å². The highest BCUT2D eigenvalue weighted by molar-refractivity contribution is 5.75. The molecule has 7 heteroatoms. The van der Waals surface area contributed by atoms with Gasteiger partial charge in [0.2, 0.25) is 17.7 Å². The first-order chi connectivity index (χ1) is 7.41. The molecule has 3 amide bonds. The van der Waals surface area contributed by atoms with E-state index in [1.54, 1.807) is 4.90 Å². The van der Waals surface area contributed by atoms with Gasteiger partial charge in [0.05, 0.1) is 0 Å². The Bertz CT molecular complexity index is 225. The van der Waals surface area contributed by atoms with E-state index in [0.29, 0.717) is 19.6 Å². The smallest absolute Gasteiger partial charge is 0.218 e. The summed E-state index contributed by atoms with van der Waals surface area (Å²) in [6.07, 6.45) is 0.534. The molecular weight excluding hydrogens is 212 g/mol. The van der Waals surface area contributed by atoms with E-state index >= 15 is 0 Å². The van der Waals surface area contributed by atoms with Crippen molar-refractivity contribution in [2.75, 3.05) is 19.6 Å². The molecular formula is C9H18N4O3. The summed E-state index contributed by atoms with van der Waals surface area (Å²) in [4.78, 5) is 33.5. The van der Waals surface area contributed by atoms with Gasteiger partial charge in [-0.25, -0.2) is 0 Å². The molecule has 0 aromatic carbocycles. The standard InChI is InChI=1S/C9H18N4O3/c10-7(14)1-4-13(5-2-8(11)15)6-3-9(12)16/h1-6H2,(H2,10,14)(H2,11,15)(H2,12,16). The maximum absolute atomic E-state index is 10.6. The first kappa shape index (κ1) is 14.4. The molecule has 0 unspecified atom stereocenters. The van der Waals surface area contributed by atoms with Crippen LogP contribution in [0, 0.1) is 0 Å². The molecule has 0 saturated carbocycles. The molecule has 0 radical (unpaired) electrons. The summed E-state index contributed by atoms with van der Waals surface area (Å²) in [6, 6.07) is 0. The predicted octanol–water partition coefficient (Wildman–Crippen LogP) is -2.09. The van der Waals surface area contributed by atoms with Crippen molar-refractivity contribution in [2.45, 2.75) is 19.3 Å². The molecule has 6 N–H and O–H groups in total. The van der Waals surface area contributed by atoms with Crippen molar-refractivity contribution in [2.24, 2.45) is 17.2 Å². The number of carbonyl (C=O) groups excluding carboxylic acids is 3. The lowest BCUT2D eigenvalue weighted by Gasteiger charge is -2.20. The van der Waals surface area contributed by atoms with Crippen LogP contribution in [0.3, 0.4) is 0 Å². The fourth-order valence-electron chi connectivity index (χ4n) is 1.14. The Morgan fingerprint density at radius 3 is 1.12 bits per heavy atom. The van der Waals surface area contributed by atoms with Crippen molar-refractivity contribution in [3.05, 3.63) is 0 Å². The van der Waals surface area contributed by atoms with Gasteiger partial charge in [-0.15, -0.1) is 0 Å². The molecule has 0 aliphatic carbocycles. The van der Waals surface area contributed by atoms with Gasteiger partial charge in [0.15, 0.2) is 0 Å². The van der Waals surface area contributed by atoms with Crippen LogP contribution < -0.4 is 17.2 Å². The molecule has 0 atom stereocenters. The number of carbonyl (C=O) groups is 3. The van der Waals surface area contributed by atoms with Crippen molar-refractivity contribution < 1.29 is 14.4 Å². The van der Waals surface area contributed by atoms with Gasteiger partial charge in [0.25, 0.3) is 0 Å². The molecule has 0 aliphatic rings. The Balaban J connectivity index is 3.98. The first-order valence-corrected chi connectivity index (χ1v) is 4.99. The zero-order chi connectivity index (χ0) is 12.6. The lowest BCUT2D eigenvalue weighted by molar-refractivity contribution is -0.118. The van der Waals surface area contributed by atoms with Gasteiger partial charge in [0.1, 0.15) is 0 Å². The fraction of sp³-hybridized carbons (Fsp3) is 0.667. The van der Waals surface area contributed by atoms with E-state index in [1.807, 2.05) is 0 Å². The Morgan fingerprint density at radius 2 is 0.938 bits per heavy atom. The molecule has 0 spiro atoms. The number of nitrogens with zero attached hydrogens (tertiary/aromatic N) is 1. The quantitative estimate of drug-likeness (QED) is 0.419. The molecule has 92 valence electrons. The molecule has 0 heterocycles. The zero-order valence-electron chi connectivity index (χ0n) is 9.15. The summed E-state index contributed by atoms with van der Waals surface area (Å²) < 4.78 is 0. The number of hydrogen-bond donors (Lipinski definition) is 3. The predicted molar refractivity (Wildman–Crippen MR) is 57.9 cm³/mol. The van der Waals surface area contributed by atoms with Gasteiger partial charge in [-0.2, -0.15) is 0 Å². The van der Waals surface area contributed by atoms with Crippen LogP contribution >= 0.6 is 0 Å².